The topological polar surface area (TPSA) is 106 Å². The van der Waals surface area contributed by atoms with Crippen LogP contribution in [0.25, 0.3) is 11.0 Å². The summed E-state index contributed by atoms with van der Waals surface area (Å²) < 4.78 is 7.16. The lowest BCUT2D eigenvalue weighted by atomic mass is 9.93. The Labute approximate surface area is 151 Å². The Morgan fingerprint density at radius 3 is 2.81 bits per heavy atom. The Morgan fingerprint density at radius 2 is 2.19 bits per heavy atom. The van der Waals surface area contributed by atoms with E-state index in [0.29, 0.717) is 36.5 Å². The second-order valence-corrected chi connectivity index (χ2v) is 6.98. The number of carbonyl (C=O) groups excluding carboxylic acids is 1. The van der Waals surface area contributed by atoms with E-state index in [9.17, 15) is 14.7 Å². The number of carboxylic acid groups (broad SMARTS) is 1. The lowest BCUT2D eigenvalue weighted by Crippen LogP contribution is -2.48. The summed E-state index contributed by atoms with van der Waals surface area (Å²) in [6.07, 6.45) is 3.18. The molecule has 0 radical (unpaired) electrons. The third-order valence-electron chi connectivity index (χ3n) is 4.71. The van der Waals surface area contributed by atoms with Gasteiger partial charge >= 0.3 is 5.97 Å². The molecule has 2 aromatic heterocycles. The van der Waals surface area contributed by atoms with Gasteiger partial charge in [-0.05, 0) is 39.7 Å². The first-order valence-corrected chi connectivity index (χ1v) is 8.84. The van der Waals surface area contributed by atoms with E-state index in [2.05, 4.69) is 15.4 Å². The second-order valence-electron chi connectivity index (χ2n) is 6.98. The smallest absolute Gasteiger partial charge is 0.326 e. The normalized spacial score (nSPS) is 18.8. The van der Waals surface area contributed by atoms with E-state index in [0.717, 1.165) is 11.8 Å². The molecule has 0 aromatic carbocycles. The standard InChI is InChI=1S/C18H24N4O4/c1-10(2)22-16-13(8-19-22)7-14(11(3)20-16)17(23)21-15(18(24)25)12-5-4-6-26-9-12/h7-8,10,12,15H,4-6,9H2,1-3H3,(H,21,23)(H,24,25). The maximum absolute atomic E-state index is 12.7. The van der Waals surface area contributed by atoms with Crippen LogP contribution in [0.3, 0.4) is 0 Å². The number of rotatable bonds is 5. The molecule has 2 atom stereocenters. The molecule has 0 saturated carbocycles. The Morgan fingerprint density at radius 1 is 1.42 bits per heavy atom. The first-order chi connectivity index (χ1) is 12.4. The molecule has 8 nitrogen and oxygen atoms in total. The van der Waals surface area contributed by atoms with Crippen LogP contribution in [0, 0.1) is 12.8 Å². The molecule has 0 spiro atoms. The summed E-state index contributed by atoms with van der Waals surface area (Å²) in [5.74, 6) is -1.72. The third kappa shape index (κ3) is 3.55. The van der Waals surface area contributed by atoms with Gasteiger partial charge in [0.15, 0.2) is 5.65 Å². The van der Waals surface area contributed by atoms with Crippen molar-refractivity contribution in [2.75, 3.05) is 13.2 Å². The molecule has 2 N–H and O–H groups in total. The average molecular weight is 360 g/mol. The molecular formula is C18H24N4O4. The van der Waals surface area contributed by atoms with Crippen molar-refractivity contribution in [3.05, 3.63) is 23.5 Å². The molecule has 8 heteroatoms. The summed E-state index contributed by atoms with van der Waals surface area (Å²) in [5.41, 5.74) is 1.62. The summed E-state index contributed by atoms with van der Waals surface area (Å²) in [6, 6.07) is 0.896. The van der Waals surface area contributed by atoms with E-state index in [4.69, 9.17) is 4.74 Å². The molecule has 0 aliphatic carbocycles. The number of fused-ring (bicyclic) bond motifs is 1. The predicted octanol–water partition coefficient (Wildman–Crippen LogP) is 1.93. The molecule has 1 amide bonds. The monoisotopic (exact) mass is 360 g/mol. The highest BCUT2D eigenvalue weighted by molar-refractivity contribution is 6.00. The second kappa shape index (κ2) is 7.41. The molecule has 140 valence electrons. The van der Waals surface area contributed by atoms with E-state index in [1.807, 2.05) is 13.8 Å². The van der Waals surface area contributed by atoms with Gasteiger partial charge in [-0.25, -0.2) is 14.5 Å². The maximum atomic E-state index is 12.7. The van der Waals surface area contributed by atoms with Crippen molar-refractivity contribution in [2.24, 2.45) is 5.92 Å². The first kappa shape index (κ1) is 18.3. The largest absolute Gasteiger partial charge is 0.480 e. The highest BCUT2D eigenvalue weighted by Gasteiger charge is 2.32. The predicted molar refractivity (Wildman–Crippen MR) is 95.1 cm³/mol. The Balaban J connectivity index is 1.86. The van der Waals surface area contributed by atoms with Crippen molar-refractivity contribution in [3.8, 4) is 0 Å². The van der Waals surface area contributed by atoms with Gasteiger partial charge in [-0.15, -0.1) is 0 Å². The lowest BCUT2D eigenvalue weighted by molar-refractivity contribution is -0.142. The molecular weight excluding hydrogens is 336 g/mol. The summed E-state index contributed by atoms with van der Waals surface area (Å²) >= 11 is 0. The summed E-state index contributed by atoms with van der Waals surface area (Å²) in [6.45, 7) is 6.73. The maximum Gasteiger partial charge on any atom is 0.326 e. The first-order valence-electron chi connectivity index (χ1n) is 8.84. The molecule has 0 bridgehead atoms. The highest BCUT2D eigenvalue weighted by Crippen LogP contribution is 2.21. The fourth-order valence-corrected chi connectivity index (χ4v) is 3.30. The summed E-state index contributed by atoms with van der Waals surface area (Å²) in [7, 11) is 0. The van der Waals surface area contributed by atoms with Crippen LogP contribution >= 0.6 is 0 Å². The Hall–Kier alpha value is -2.48. The number of nitrogens with one attached hydrogen (secondary N) is 1. The van der Waals surface area contributed by atoms with Crippen LogP contribution in [0.15, 0.2) is 12.3 Å². The number of pyridine rings is 1. The fourth-order valence-electron chi connectivity index (χ4n) is 3.30. The number of hydrogen-bond acceptors (Lipinski definition) is 5. The van der Waals surface area contributed by atoms with Crippen molar-refractivity contribution in [3.63, 3.8) is 0 Å². The number of hydrogen-bond donors (Lipinski definition) is 2. The zero-order chi connectivity index (χ0) is 18.8. The van der Waals surface area contributed by atoms with Crippen molar-refractivity contribution >= 4 is 22.9 Å². The van der Waals surface area contributed by atoms with E-state index < -0.39 is 17.9 Å². The van der Waals surface area contributed by atoms with Gasteiger partial charge in [0.25, 0.3) is 5.91 Å². The fraction of sp³-hybridized carbons (Fsp3) is 0.556. The number of aromatic nitrogens is 3. The SMILES string of the molecule is Cc1nc2c(cnn2C(C)C)cc1C(=O)NC(C(=O)O)C1CCCOC1. The molecule has 2 unspecified atom stereocenters. The van der Waals surface area contributed by atoms with E-state index in [1.165, 1.54) is 0 Å². The molecule has 3 heterocycles. The van der Waals surface area contributed by atoms with Gasteiger partial charge in [-0.2, -0.15) is 5.10 Å². The third-order valence-corrected chi connectivity index (χ3v) is 4.71. The van der Waals surface area contributed by atoms with E-state index in [-0.39, 0.29) is 12.0 Å². The molecule has 2 aromatic rings. The minimum Gasteiger partial charge on any atom is -0.480 e. The summed E-state index contributed by atoms with van der Waals surface area (Å²) in [5, 5.41) is 17.2. The molecule has 3 rings (SSSR count). The highest BCUT2D eigenvalue weighted by atomic mass is 16.5. The molecule has 26 heavy (non-hydrogen) atoms. The van der Waals surface area contributed by atoms with Crippen LogP contribution in [-0.2, 0) is 9.53 Å². The molecule has 1 saturated heterocycles. The van der Waals surface area contributed by atoms with Crippen LogP contribution in [0.5, 0.6) is 0 Å². The van der Waals surface area contributed by atoms with Gasteiger partial charge in [0.05, 0.1) is 24.1 Å². The molecule has 1 fully saturated rings. The molecule has 1 aliphatic heterocycles. The van der Waals surface area contributed by atoms with Gasteiger partial charge in [-0.3, -0.25) is 4.79 Å². The summed E-state index contributed by atoms with van der Waals surface area (Å²) in [4.78, 5) is 28.9. The quantitative estimate of drug-likeness (QED) is 0.844. The molecule has 1 aliphatic rings. The van der Waals surface area contributed by atoms with Gasteiger partial charge in [-0.1, -0.05) is 0 Å². The van der Waals surface area contributed by atoms with Crippen LogP contribution in [0.4, 0.5) is 0 Å². The van der Waals surface area contributed by atoms with E-state index in [1.54, 1.807) is 23.9 Å². The number of aryl methyl sites for hydroxylation is 1. The zero-order valence-electron chi connectivity index (χ0n) is 15.2. The van der Waals surface area contributed by atoms with Crippen molar-refractivity contribution in [1.29, 1.82) is 0 Å². The van der Waals surface area contributed by atoms with Crippen LogP contribution in [-0.4, -0.2) is 51.0 Å². The Bertz CT molecular complexity index is 824. The van der Waals surface area contributed by atoms with Crippen molar-refractivity contribution < 1.29 is 19.4 Å². The lowest BCUT2D eigenvalue weighted by Gasteiger charge is -2.28. The number of aliphatic carboxylic acids is 1. The average Bonchev–Trinajstić information content (AvgIpc) is 3.02. The number of amides is 1. The van der Waals surface area contributed by atoms with Gasteiger partial charge in [0.1, 0.15) is 6.04 Å². The minimum atomic E-state index is -1.05. The van der Waals surface area contributed by atoms with Crippen LogP contribution in [0.2, 0.25) is 0 Å². The number of nitrogens with zero attached hydrogens (tertiary/aromatic N) is 3. The van der Waals surface area contributed by atoms with Gasteiger partial charge in [0, 0.05) is 24.0 Å². The minimum absolute atomic E-state index is 0.154. The van der Waals surface area contributed by atoms with Crippen molar-refractivity contribution in [2.45, 2.75) is 45.7 Å². The number of carbonyl (C=O) groups is 2. The van der Waals surface area contributed by atoms with Gasteiger partial charge in [0.2, 0.25) is 0 Å². The van der Waals surface area contributed by atoms with E-state index >= 15 is 0 Å². The number of ether oxygens (including phenoxy) is 1. The Kier molecular flexibility index (Phi) is 5.22. The number of carboxylic acids is 1. The van der Waals surface area contributed by atoms with Gasteiger partial charge < -0.3 is 15.2 Å². The van der Waals surface area contributed by atoms with Crippen LogP contribution < -0.4 is 5.32 Å². The van der Waals surface area contributed by atoms with Crippen LogP contribution in [0.1, 0.15) is 48.8 Å². The van der Waals surface area contributed by atoms with Crippen molar-refractivity contribution in [1.82, 2.24) is 20.1 Å². The zero-order valence-corrected chi connectivity index (χ0v) is 15.2.